The molecule has 2 aromatic rings. The lowest BCUT2D eigenvalue weighted by Crippen LogP contribution is -3.28. The number of rotatable bonds is 5. The van der Waals surface area contributed by atoms with Crippen LogP contribution >= 0.6 is 22.9 Å². The van der Waals surface area contributed by atoms with Gasteiger partial charge in [0.25, 0.3) is 5.91 Å². The van der Waals surface area contributed by atoms with Crippen LogP contribution in [0.1, 0.15) is 10.4 Å². The number of nitrogens with one attached hydrogen (secondary N) is 3. The molecule has 1 aliphatic rings. The molecule has 0 radical (unpaired) electrons. The normalized spacial score (nSPS) is 20.4. The minimum Gasteiger partial charge on any atom is -0.321 e. The Morgan fingerprint density at radius 2 is 1.85 bits per heavy atom. The van der Waals surface area contributed by atoms with Crippen LogP contribution in [0.2, 0.25) is 5.02 Å². The summed E-state index contributed by atoms with van der Waals surface area (Å²) in [6.07, 6.45) is -4.48. The third kappa shape index (κ3) is 5.68. The van der Waals surface area contributed by atoms with E-state index in [1.165, 1.54) is 9.78 Å². The highest BCUT2D eigenvalue weighted by Gasteiger charge is 2.31. The number of carbonyl (C=O) groups excluding carboxylic acids is 1. The number of carbonyl (C=O) groups is 1. The Kier molecular flexibility index (Phi) is 6.41. The van der Waals surface area contributed by atoms with Crippen molar-refractivity contribution in [3.63, 3.8) is 0 Å². The zero-order valence-corrected chi connectivity index (χ0v) is 16.1. The lowest BCUT2D eigenvalue weighted by molar-refractivity contribution is -1.01. The van der Waals surface area contributed by atoms with Crippen molar-refractivity contribution in [3.8, 4) is 0 Å². The Labute approximate surface area is 164 Å². The summed E-state index contributed by atoms with van der Waals surface area (Å²) in [4.78, 5) is 16.2. The van der Waals surface area contributed by atoms with E-state index in [4.69, 9.17) is 11.6 Å². The molecule has 1 aromatic heterocycles. The zero-order valence-electron chi connectivity index (χ0n) is 14.5. The van der Waals surface area contributed by atoms with Gasteiger partial charge in [0.15, 0.2) is 6.54 Å². The van der Waals surface area contributed by atoms with Gasteiger partial charge < -0.3 is 15.1 Å². The van der Waals surface area contributed by atoms with Crippen LogP contribution in [0.5, 0.6) is 0 Å². The molecular weight excluding hydrogens is 399 g/mol. The van der Waals surface area contributed by atoms with Crippen molar-refractivity contribution in [2.24, 2.45) is 0 Å². The number of piperazine rings is 1. The van der Waals surface area contributed by atoms with Crippen LogP contribution < -0.4 is 15.1 Å². The molecule has 27 heavy (non-hydrogen) atoms. The number of halogens is 4. The number of hydrogen-bond donors (Lipinski definition) is 3. The van der Waals surface area contributed by atoms with Crippen LogP contribution in [0, 0.1) is 0 Å². The molecule has 1 saturated heterocycles. The van der Waals surface area contributed by atoms with Gasteiger partial charge in [0.05, 0.1) is 21.2 Å². The van der Waals surface area contributed by atoms with E-state index < -0.39 is 11.7 Å². The van der Waals surface area contributed by atoms with Crippen molar-refractivity contribution >= 4 is 34.5 Å². The molecule has 3 N–H and O–H groups in total. The van der Waals surface area contributed by atoms with Gasteiger partial charge >= 0.3 is 6.18 Å². The topological polar surface area (TPSA) is 38.0 Å². The first-order valence-corrected chi connectivity index (χ1v) is 9.93. The molecule has 0 saturated carbocycles. The lowest BCUT2D eigenvalue weighted by Gasteiger charge is -2.29. The zero-order chi connectivity index (χ0) is 19.4. The van der Waals surface area contributed by atoms with Crippen LogP contribution in [0.15, 0.2) is 35.7 Å². The van der Waals surface area contributed by atoms with E-state index in [1.54, 1.807) is 11.3 Å². The van der Waals surface area contributed by atoms with Crippen LogP contribution in [0.3, 0.4) is 0 Å². The maximum absolute atomic E-state index is 12.8. The average molecular weight is 420 g/mol. The Bertz CT molecular complexity index is 775. The second kappa shape index (κ2) is 8.60. The van der Waals surface area contributed by atoms with Crippen molar-refractivity contribution in [2.45, 2.75) is 12.7 Å². The molecule has 0 aliphatic carbocycles. The standard InChI is InChI=1S/C18H19ClF3N3OS/c19-15-4-3-13(18(20,21)22)10-16(15)23-17(26)12-25-7-5-24(6-8-25)11-14-2-1-9-27-14/h1-4,9-10H,5-8,11-12H2,(H,23,26)/p+2. The summed E-state index contributed by atoms with van der Waals surface area (Å²) in [5, 5.41) is 4.68. The summed E-state index contributed by atoms with van der Waals surface area (Å²) in [5.74, 6) is -0.326. The summed E-state index contributed by atoms with van der Waals surface area (Å²) in [7, 11) is 0. The number of thiophene rings is 1. The highest BCUT2D eigenvalue weighted by molar-refractivity contribution is 7.09. The Balaban J connectivity index is 1.50. The summed E-state index contributed by atoms with van der Waals surface area (Å²) in [5.41, 5.74) is -0.835. The number of alkyl halides is 3. The van der Waals surface area contributed by atoms with E-state index in [0.29, 0.717) is 0 Å². The minimum absolute atomic E-state index is 0.00199. The van der Waals surface area contributed by atoms with E-state index in [2.05, 4.69) is 16.8 Å². The van der Waals surface area contributed by atoms with Crippen LogP contribution in [-0.4, -0.2) is 38.6 Å². The molecular formula is C18H21ClF3N3OS+2. The second-order valence-corrected chi connectivity index (χ2v) is 8.11. The molecule has 1 aromatic carbocycles. The smallest absolute Gasteiger partial charge is 0.321 e. The van der Waals surface area contributed by atoms with Crippen molar-refractivity contribution in [3.05, 3.63) is 51.2 Å². The molecule has 4 nitrogen and oxygen atoms in total. The van der Waals surface area contributed by atoms with Crippen molar-refractivity contribution in [1.29, 1.82) is 0 Å². The van der Waals surface area contributed by atoms with Gasteiger partial charge in [-0.05, 0) is 29.6 Å². The molecule has 0 spiro atoms. The second-order valence-electron chi connectivity index (χ2n) is 6.67. The third-order valence-electron chi connectivity index (χ3n) is 4.65. The third-order valence-corrected chi connectivity index (χ3v) is 5.85. The SMILES string of the molecule is O=C(C[NH+]1CC[NH+](Cc2cccs2)CC1)Nc1cc(C(F)(F)F)ccc1Cl. The highest BCUT2D eigenvalue weighted by Crippen LogP contribution is 2.33. The van der Waals surface area contributed by atoms with E-state index in [9.17, 15) is 18.0 Å². The van der Waals surface area contributed by atoms with Gasteiger partial charge in [0, 0.05) is 0 Å². The van der Waals surface area contributed by atoms with Crippen molar-refractivity contribution in [2.75, 3.05) is 38.0 Å². The maximum Gasteiger partial charge on any atom is 0.416 e. The molecule has 0 atom stereocenters. The van der Waals surface area contributed by atoms with Crippen LogP contribution in [0.25, 0.3) is 0 Å². The fourth-order valence-corrected chi connectivity index (χ4v) is 4.13. The molecule has 9 heteroatoms. The summed E-state index contributed by atoms with van der Waals surface area (Å²) in [6.45, 7) is 4.85. The van der Waals surface area contributed by atoms with Crippen molar-refractivity contribution < 1.29 is 27.8 Å². The van der Waals surface area contributed by atoms with E-state index >= 15 is 0 Å². The summed E-state index contributed by atoms with van der Waals surface area (Å²) >= 11 is 7.68. The molecule has 3 rings (SSSR count). The highest BCUT2D eigenvalue weighted by atomic mass is 35.5. The first kappa shape index (κ1) is 20.1. The lowest BCUT2D eigenvalue weighted by atomic mass is 10.2. The van der Waals surface area contributed by atoms with Gasteiger partial charge in [-0.1, -0.05) is 17.7 Å². The van der Waals surface area contributed by atoms with Crippen LogP contribution in [-0.2, 0) is 17.5 Å². The van der Waals surface area contributed by atoms with Gasteiger partial charge in [-0.25, -0.2) is 0 Å². The van der Waals surface area contributed by atoms with E-state index in [0.717, 1.165) is 55.8 Å². The predicted molar refractivity (Wildman–Crippen MR) is 99.4 cm³/mol. The quantitative estimate of drug-likeness (QED) is 0.672. The number of hydrogen-bond acceptors (Lipinski definition) is 2. The predicted octanol–water partition coefficient (Wildman–Crippen LogP) is 1.34. The van der Waals surface area contributed by atoms with Crippen LogP contribution in [0.4, 0.5) is 18.9 Å². The Morgan fingerprint density at radius 1 is 1.15 bits per heavy atom. The van der Waals surface area contributed by atoms with E-state index in [1.807, 2.05) is 6.07 Å². The first-order valence-electron chi connectivity index (χ1n) is 8.67. The summed E-state index contributed by atoms with van der Waals surface area (Å²) < 4.78 is 38.5. The molecule has 2 heterocycles. The van der Waals surface area contributed by atoms with Crippen molar-refractivity contribution in [1.82, 2.24) is 0 Å². The largest absolute Gasteiger partial charge is 0.416 e. The molecule has 1 amide bonds. The maximum atomic E-state index is 12.8. The average Bonchev–Trinajstić information content (AvgIpc) is 3.10. The number of quaternary nitrogens is 2. The molecule has 0 bridgehead atoms. The first-order chi connectivity index (χ1) is 12.8. The molecule has 146 valence electrons. The summed E-state index contributed by atoms with van der Waals surface area (Å²) in [6, 6.07) is 7.10. The van der Waals surface area contributed by atoms with Gasteiger partial charge in [-0.3, -0.25) is 4.79 Å². The fourth-order valence-electron chi connectivity index (χ4n) is 3.19. The minimum atomic E-state index is -4.48. The molecule has 1 fully saturated rings. The fraction of sp³-hybridized carbons (Fsp3) is 0.389. The van der Waals surface area contributed by atoms with E-state index in [-0.39, 0.29) is 23.2 Å². The Hall–Kier alpha value is -1.61. The van der Waals surface area contributed by atoms with Gasteiger partial charge in [0.2, 0.25) is 0 Å². The monoisotopic (exact) mass is 419 g/mol. The van der Waals surface area contributed by atoms with Gasteiger partial charge in [-0.15, -0.1) is 11.3 Å². The molecule has 1 aliphatic heterocycles. The van der Waals surface area contributed by atoms with Gasteiger partial charge in [0.1, 0.15) is 32.7 Å². The Morgan fingerprint density at radius 3 is 2.48 bits per heavy atom. The molecule has 0 unspecified atom stereocenters. The number of benzene rings is 1. The van der Waals surface area contributed by atoms with Gasteiger partial charge in [-0.2, -0.15) is 13.2 Å². The number of anilines is 1. The number of amides is 1.